The molecule has 1 aromatic carbocycles. The summed E-state index contributed by atoms with van der Waals surface area (Å²) in [7, 11) is 4.75. The lowest BCUT2D eigenvalue weighted by Crippen LogP contribution is -1.99. The minimum Gasteiger partial charge on any atom is -0.492 e. The molecular formula is C14H19ClO3. The molecule has 0 aliphatic rings. The smallest absolute Gasteiger partial charge is 0.205 e. The van der Waals surface area contributed by atoms with Crippen molar-refractivity contribution < 1.29 is 14.2 Å². The fourth-order valence-corrected chi connectivity index (χ4v) is 2.13. The van der Waals surface area contributed by atoms with Crippen LogP contribution in [0.1, 0.15) is 18.9 Å². The minimum absolute atomic E-state index is 0.505. The summed E-state index contributed by atoms with van der Waals surface area (Å²) in [6.45, 7) is 2.00. The lowest BCUT2D eigenvalue weighted by Gasteiger charge is -2.16. The van der Waals surface area contributed by atoms with Gasteiger partial charge in [0.25, 0.3) is 0 Å². The predicted molar refractivity (Wildman–Crippen MR) is 74.2 cm³/mol. The molecule has 0 saturated heterocycles. The summed E-state index contributed by atoms with van der Waals surface area (Å²) in [5, 5.41) is 0.533. The van der Waals surface area contributed by atoms with Crippen LogP contribution in [0.5, 0.6) is 17.2 Å². The Labute approximate surface area is 113 Å². The lowest BCUT2D eigenvalue weighted by atomic mass is 10.1. The third-order valence-electron chi connectivity index (χ3n) is 2.65. The molecule has 1 aromatic rings. The van der Waals surface area contributed by atoms with Gasteiger partial charge >= 0.3 is 0 Å². The van der Waals surface area contributed by atoms with Crippen molar-refractivity contribution in [3.05, 3.63) is 28.8 Å². The normalized spacial score (nSPS) is 10.7. The molecule has 0 saturated carbocycles. The molecule has 0 N–H and O–H groups in total. The lowest BCUT2D eigenvalue weighted by molar-refractivity contribution is 0.322. The van der Waals surface area contributed by atoms with Crippen LogP contribution in [0.15, 0.2) is 18.2 Å². The van der Waals surface area contributed by atoms with Crippen LogP contribution in [0.25, 0.3) is 0 Å². The highest BCUT2D eigenvalue weighted by Crippen LogP contribution is 2.45. The van der Waals surface area contributed by atoms with E-state index in [1.54, 1.807) is 21.3 Å². The molecule has 0 fully saturated rings. The Balaban J connectivity index is 3.21. The number of aryl methyl sites for hydroxylation is 1. The van der Waals surface area contributed by atoms with E-state index in [1.807, 2.05) is 19.1 Å². The van der Waals surface area contributed by atoms with E-state index in [-0.39, 0.29) is 0 Å². The van der Waals surface area contributed by atoms with E-state index in [9.17, 15) is 0 Å². The molecule has 0 amide bonds. The summed E-state index contributed by atoms with van der Waals surface area (Å²) in [5.41, 5.74) is 1.01. The standard InChI is InChI=1S/C14H19ClO3/c1-5-6-7-8-10-9-11(15)13(17-3)14(18-4)12(10)16-2/h5-6,9H,7-8H2,1-4H3/b6-5-. The molecule has 0 unspecified atom stereocenters. The summed E-state index contributed by atoms with van der Waals surface area (Å²) >= 11 is 6.18. The van der Waals surface area contributed by atoms with Crippen LogP contribution in [0.4, 0.5) is 0 Å². The fourth-order valence-electron chi connectivity index (χ4n) is 1.83. The second kappa shape index (κ2) is 7.17. The van der Waals surface area contributed by atoms with E-state index in [0.29, 0.717) is 22.3 Å². The van der Waals surface area contributed by atoms with E-state index >= 15 is 0 Å². The van der Waals surface area contributed by atoms with Crippen molar-refractivity contribution >= 4 is 11.6 Å². The van der Waals surface area contributed by atoms with Crippen LogP contribution in [-0.2, 0) is 6.42 Å². The molecule has 1 rings (SSSR count). The Hall–Kier alpha value is -1.35. The van der Waals surface area contributed by atoms with Gasteiger partial charge < -0.3 is 14.2 Å². The van der Waals surface area contributed by atoms with Gasteiger partial charge in [-0.2, -0.15) is 0 Å². The second-order valence-corrected chi connectivity index (χ2v) is 4.13. The largest absolute Gasteiger partial charge is 0.492 e. The molecule has 0 aliphatic carbocycles. The van der Waals surface area contributed by atoms with Gasteiger partial charge in [0.1, 0.15) is 0 Å². The minimum atomic E-state index is 0.505. The average molecular weight is 271 g/mol. The number of ether oxygens (including phenoxy) is 3. The molecule has 18 heavy (non-hydrogen) atoms. The molecule has 0 atom stereocenters. The maximum atomic E-state index is 6.18. The third-order valence-corrected chi connectivity index (χ3v) is 2.93. The van der Waals surface area contributed by atoms with Gasteiger partial charge in [-0.1, -0.05) is 23.8 Å². The van der Waals surface area contributed by atoms with Crippen LogP contribution in [-0.4, -0.2) is 21.3 Å². The molecule has 0 radical (unpaired) electrons. The molecule has 0 heterocycles. The molecule has 4 heteroatoms. The van der Waals surface area contributed by atoms with Crippen LogP contribution in [0.2, 0.25) is 5.02 Å². The Morgan fingerprint density at radius 1 is 1.06 bits per heavy atom. The van der Waals surface area contributed by atoms with Gasteiger partial charge in [-0.05, 0) is 25.8 Å². The highest BCUT2D eigenvalue weighted by molar-refractivity contribution is 6.32. The Kier molecular flexibility index (Phi) is 5.86. The maximum Gasteiger partial charge on any atom is 0.205 e. The number of hydrogen-bond donors (Lipinski definition) is 0. The molecule has 3 nitrogen and oxygen atoms in total. The number of benzene rings is 1. The quantitative estimate of drug-likeness (QED) is 0.735. The van der Waals surface area contributed by atoms with E-state index in [4.69, 9.17) is 25.8 Å². The van der Waals surface area contributed by atoms with Gasteiger partial charge in [-0.3, -0.25) is 0 Å². The van der Waals surface area contributed by atoms with Gasteiger partial charge in [-0.15, -0.1) is 0 Å². The topological polar surface area (TPSA) is 27.7 Å². The third kappa shape index (κ3) is 3.10. The van der Waals surface area contributed by atoms with Gasteiger partial charge in [-0.25, -0.2) is 0 Å². The number of hydrogen-bond acceptors (Lipinski definition) is 3. The van der Waals surface area contributed by atoms with Crippen molar-refractivity contribution in [1.82, 2.24) is 0 Å². The predicted octanol–water partition coefficient (Wildman–Crippen LogP) is 3.87. The molecule has 0 aliphatic heterocycles. The monoisotopic (exact) mass is 270 g/mol. The van der Waals surface area contributed by atoms with Gasteiger partial charge in [0.15, 0.2) is 11.5 Å². The summed E-state index contributed by atoms with van der Waals surface area (Å²) < 4.78 is 16.0. The number of rotatable bonds is 6. The van der Waals surface area contributed by atoms with Crippen molar-refractivity contribution in [3.8, 4) is 17.2 Å². The zero-order valence-corrected chi connectivity index (χ0v) is 12.0. The van der Waals surface area contributed by atoms with Crippen LogP contribution >= 0.6 is 11.6 Å². The van der Waals surface area contributed by atoms with E-state index in [2.05, 4.69) is 6.08 Å². The molecule has 0 aromatic heterocycles. The Morgan fingerprint density at radius 3 is 2.17 bits per heavy atom. The summed E-state index contributed by atoms with van der Waals surface area (Å²) in [6, 6.07) is 1.87. The second-order valence-electron chi connectivity index (χ2n) is 3.72. The zero-order chi connectivity index (χ0) is 13.5. The summed E-state index contributed by atoms with van der Waals surface area (Å²) in [4.78, 5) is 0. The first kappa shape index (κ1) is 14.7. The highest BCUT2D eigenvalue weighted by Gasteiger charge is 2.19. The first-order valence-electron chi connectivity index (χ1n) is 5.78. The SMILES string of the molecule is C/C=C\CCc1cc(Cl)c(OC)c(OC)c1OC. The molecular weight excluding hydrogens is 252 g/mol. The Morgan fingerprint density at radius 2 is 1.67 bits per heavy atom. The van der Waals surface area contributed by atoms with Gasteiger partial charge in [0.05, 0.1) is 26.4 Å². The van der Waals surface area contributed by atoms with Crippen molar-refractivity contribution in [3.63, 3.8) is 0 Å². The zero-order valence-electron chi connectivity index (χ0n) is 11.2. The summed E-state index contributed by atoms with van der Waals surface area (Å²) in [6.07, 6.45) is 5.89. The van der Waals surface area contributed by atoms with Gasteiger partial charge in [0.2, 0.25) is 5.75 Å². The van der Waals surface area contributed by atoms with Crippen LogP contribution in [0, 0.1) is 0 Å². The van der Waals surface area contributed by atoms with E-state index in [1.165, 1.54) is 0 Å². The van der Waals surface area contributed by atoms with Crippen LogP contribution in [0.3, 0.4) is 0 Å². The van der Waals surface area contributed by atoms with Crippen molar-refractivity contribution in [2.45, 2.75) is 19.8 Å². The number of allylic oxidation sites excluding steroid dienone is 2. The van der Waals surface area contributed by atoms with Crippen molar-refractivity contribution in [2.24, 2.45) is 0 Å². The molecule has 0 spiro atoms. The molecule has 0 bridgehead atoms. The first-order valence-corrected chi connectivity index (χ1v) is 6.15. The van der Waals surface area contributed by atoms with Crippen molar-refractivity contribution in [2.75, 3.05) is 21.3 Å². The van der Waals surface area contributed by atoms with Crippen molar-refractivity contribution in [1.29, 1.82) is 0 Å². The number of methoxy groups -OCH3 is 3. The highest BCUT2D eigenvalue weighted by atomic mass is 35.5. The van der Waals surface area contributed by atoms with Crippen LogP contribution < -0.4 is 14.2 Å². The number of halogens is 1. The summed E-state index contributed by atoms with van der Waals surface area (Å²) in [5.74, 6) is 1.73. The average Bonchev–Trinajstić information content (AvgIpc) is 2.38. The van der Waals surface area contributed by atoms with E-state index < -0.39 is 0 Å². The first-order chi connectivity index (χ1) is 8.69. The Bertz CT molecular complexity index is 428. The molecule has 100 valence electrons. The maximum absolute atomic E-state index is 6.18. The fraction of sp³-hybridized carbons (Fsp3) is 0.429. The van der Waals surface area contributed by atoms with Gasteiger partial charge in [0, 0.05) is 5.56 Å². The van der Waals surface area contributed by atoms with E-state index in [0.717, 1.165) is 18.4 Å².